The number of benzene rings is 3. The molecule has 0 unspecified atom stereocenters. The van der Waals surface area contributed by atoms with Gasteiger partial charge in [-0.05, 0) is 6.42 Å². The normalized spacial score (nSPS) is 12.9. The molecule has 1 saturated heterocycles. The Hall–Kier alpha value is -5.71. The SMILES string of the molecule is COc1cc(N(C)CCCC(=O)ON2C(=O)CCC2=O)cc(OC)c1C(c1c(OC)cc(N(C)CCS(=O)(=O)O)cc1OC)c1c(OC)cc(N(C)CCS(=O)(=O)O)cc1OC. The molecular formula is C40H54N4O16S2. The van der Waals surface area contributed by atoms with E-state index in [0.717, 1.165) is 0 Å². The van der Waals surface area contributed by atoms with Gasteiger partial charge in [0.25, 0.3) is 32.1 Å². The van der Waals surface area contributed by atoms with Crippen LogP contribution in [-0.2, 0) is 39.5 Å². The van der Waals surface area contributed by atoms with Gasteiger partial charge in [-0.3, -0.25) is 18.7 Å². The van der Waals surface area contributed by atoms with Gasteiger partial charge in [0, 0.05) is 130 Å². The molecule has 22 heteroatoms. The van der Waals surface area contributed by atoms with Crippen LogP contribution in [0.25, 0.3) is 0 Å². The zero-order valence-corrected chi connectivity index (χ0v) is 37.8. The second kappa shape index (κ2) is 20.9. The van der Waals surface area contributed by atoms with Crippen molar-refractivity contribution in [1.82, 2.24) is 5.06 Å². The minimum absolute atomic E-state index is 0.0147. The lowest BCUT2D eigenvalue weighted by molar-refractivity contribution is -0.197. The van der Waals surface area contributed by atoms with Crippen LogP contribution in [0.3, 0.4) is 0 Å². The molecule has 0 aromatic heterocycles. The van der Waals surface area contributed by atoms with Gasteiger partial charge in [-0.2, -0.15) is 16.8 Å². The van der Waals surface area contributed by atoms with Crippen molar-refractivity contribution < 1.29 is 73.6 Å². The summed E-state index contributed by atoms with van der Waals surface area (Å²) in [5.41, 5.74) is 2.89. The first-order valence-corrected chi connectivity index (χ1v) is 22.3. The van der Waals surface area contributed by atoms with Crippen LogP contribution in [-0.4, -0.2) is 144 Å². The van der Waals surface area contributed by atoms with Gasteiger partial charge in [-0.1, -0.05) is 0 Å². The van der Waals surface area contributed by atoms with E-state index in [2.05, 4.69) is 0 Å². The largest absolute Gasteiger partial charge is 0.496 e. The molecule has 1 aliphatic rings. The van der Waals surface area contributed by atoms with Crippen molar-refractivity contribution in [3.05, 3.63) is 53.1 Å². The summed E-state index contributed by atoms with van der Waals surface area (Å²) in [4.78, 5) is 46.4. The maximum absolute atomic E-state index is 12.5. The highest BCUT2D eigenvalue weighted by Crippen LogP contribution is 2.55. The molecule has 20 nitrogen and oxygen atoms in total. The molecule has 3 aromatic rings. The van der Waals surface area contributed by atoms with Crippen LogP contribution in [0.2, 0.25) is 0 Å². The minimum Gasteiger partial charge on any atom is -0.496 e. The van der Waals surface area contributed by atoms with Crippen LogP contribution in [0.1, 0.15) is 48.3 Å². The Labute approximate surface area is 361 Å². The third kappa shape index (κ3) is 12.0. The maximum atomic E-state index is 12.5. The summed E-state index contributed by atoms with van der Waals surface area (Å²) in [7, 11) is 5.23. The Bertz CT molecular complexity index is 2150. The molecule has 0 saturated carbocycles. The molecule has 62 heavy (non-hydrogen) atoms. The fourth-order valence-corrected chi connectivity index (χ4v) is 7.89. The van der Waals surface area contributed by atoms with E-state index in [1.165, 1.54) is 42.7 Å². The Kier molecular flexibility index (Phi) is 16.5. The molecule has 0 atom stereocenters. The Morgan fingerprint density at radius 3 is 1.15 bits per heavy atom. The van der Waals surface area contributed by atoms with Crippen molar-refractivity contribution >= 4 is 55.1 Å². The summed E-state index contributed by atoms with van der Waals surface area (Å²) < 4.78 is 102. The van der Waals surface area contributed by atoms with E-state index in [0.29, 0.717) is 63.3 Å². The Balaban J connectivity index is 1.92. The van der Waals surface area contributed by atoms with Gasteiger partial charge in [0.15, 0.2) is 0 Å². The van der Waals surface area contributed by atoms with Gasteiger partial charge >= 0.3 is 5.97 Å². The highest BCUT2D eigenvalue weighted by Gasteiger charge is 2.37. The van der Waals surface area contributed by atoms with Crippen LogP contribution >= 0.6 is 0 Å². The molecule has 0 aliphatic carbocycles. The van der Waals surface area contributed by atoms with Crippen molar-refractivity contribution in [1.29, 1.82) is 0 Å². The summed E-state index contributed by atoms with van der Waals surface area (Å²) in [6.45, 7) is 0.184. The van der Waals surface area contributed by atoms with Crippen molar-refractivity contribution in [2.45, 2.75) is 31.6 Å². The second-order valence-electron chi connectivity index (χ2n) is 14.2. The van der Waals surface area contributed by atoms with Crippen LogP contribution < -0.4 is 43.1 Å². The van der Waals surface area contributed by atoms with Crippen LogP contribution in [0.5, 0.6) is 34.5 Å². The molecule has 1 aliphatic heterocycles. The fourth-order valence-electron chi connectivity index (χ4n) is 6.88. The number of amides is 2. The number of methoxy groups -OCH3 is 6. The zero-order chi connectivity index (χ0) is 46.1. The summed E-state index contributed by atoms with van der Waals surface area (Å²) in [6, 6.07) is 10.2. The lowest BCUT2D eigenvalue weighted by Gasteiger charge is -2.31. The third-order valence-electron chi connectivity index (χ3n) is 10.2. The first-order chi connectivity index (χ1) is 29.2. The number of nitrogens with zero attached hydrogens (tertiary/aromatic N) is 4. The number of hydrogen-bond acceptors (Lipinski definition) is 17. The van der Waals surface area contributed by atoms with E-state index in [4.69, 9.17) is 33.3 Å². The smallest absolute Gasteiger partial charge is 0.333 e. The van der Waals surface area contributed by atoms with Gasteiger partial charge in [0.2, 0.25) is 0 Å². The average molecular weight is 911 g/mol. The van der Waals surface area contributed by atoms with Crippen LogP contribution in [0.4, 0.5) is 17.1 Å². The van der Waals surface area contributed by atoms with Crippen molar-refractivity contribution in [2.75, 3.05) is 110 Å². The monoisotopic (exact) mass is 910 g/mol. The number of rotatable bonds is 23. The standard InChI is InChI=1S/C40H54N4O16S2/c1-41(14-10-11-36(47)60-44-34(45)12-13-35(44)46)25-19-28(54-4)37(29(20-25)55-5)40(38-30(56-6)21-26(22-31(38)57-7)42(2)15-17-61(48,49)50)39-32(58-8)23-27(24-33(39)59-9)43(3)16-18-62(51,52)53/h19-24,40H,10-18H2,1-9H3,(H,48,49,50)(H,51,52,53). The molecular weight excluding hydrogens is 857 g/mol. The summed E-state index contributed by atoms with van der Waals surface area (Å²) >= 11 is 0. The van der Waals surface area contributed by atoms with Gasteiger partial charge in [0.1, 0.15) is 34.5 Å². The summed E-state index contributed by atoms with van der Waals surface area (Å²) in [5, 5.41) is 0.510. The summed E-state index contributed by atoms with van der Waals surface area (Å²) in [6.07, 6.45) is 0.175. The van der Waals surface area contributed by atoms with E-state index < -0.39 is 55.4 Å². The quantitative estimate of drug-likeness (QED) is 0.0788. The van der Waals surface area contributed by atoms with Gasteiger partial charge < -0.3 is 48.0 Å². The van der Waals surface area contributed by atoms with E-state index in [1.54, 1.807) is 67.3 Å². The molecule has 2 N–H and O–H groups in total. The molecule has 2 amide bonds. The number of hydroxylamine groups is 2. The van der Waals surface area contributed by atoms with Gasteiger partial charge in [0.05, 0.1) is 60.1 Å². The molecule has 0 radical (unpaired) electrons. The molecule has 3 aromatic carbocycles. The van der Waals surface area contributed by atoms with Gasteiger partial charge in [-0.25, -0.2) is 4.79 Å². The number of hydrogen-bond donors (Lipinski definition) is 2. The molecule has 4 rings (SSSR count). The highest BCUT2D eigenvalue weighted by atomic mass is 32.2. The van der Waals surface area contributed by atoms with E-state index in [9.17, 15) is 40.3 Å². The van der Waals surface area contributed by atoms with E-state index >= 15 is 0 Å². The Morgan fingerprint density at radius 2 is 0.871 bits per heavy atom. The Morgan fingerprint density at radius 1 is 0.581 bits per heavy atom. The number of carbonyl (C=O) groups is 3. The van der Waals surface area contributed by atoms with E-state index in [-0.39, 0.29) is 55.4 Å². The highest BCUT2D eigenvalue weighted by molar-refractivity contribution is 7.86. The first-order valence-electron chi connectivity index (χ1n) is 19.1. The molecule has 0 bridgehead atoms. The topological polar surface area (TPSA) is 238 Å². The van der Waals surface area contributed by atoms with Crippen molar-refractivity contribution in [3.63, 3.8) is 0 Å². The molecule has 342 valence electrons. The van der Waals surface area contributed by atoms with Gasteiger partial charge in [-0.15, -0.1) is 5.06 Å². The lowest BCUT2D eigenvalue weighted by Crippen LogP contribution is -2.32. The van der Waals surface area contributed by atoms with Crippen molar-refractivity contribution in [2.24, 2.45) is 0 Å². The third-order valence-corrected chi connectivity index (χ3v) is 11.6. The maximum Gasteiger partial charge on any atom is 0.333 e. The molecule has 1 heterocycles. The average Bonchev–Trinajstić information content (AvgIpc) is 3.55. The zero-order valence-electron chi connectivity index (χ0n) is 36.1. The number of carbonyl (C=O) groups excluding carboxylic acids is 3. The lowest BCUT2D eigenvalue weighted by atomic mass is 9.81. The van der Waals surface area contributed by atoms with Crippen LogP contribution in [0.15, 0.2) is 36.4 Å². The number of anilines is 3. The van der Waals surface area contributed by atoms with E-state index in [1.807, 2.05) is 4.90 Å². The molecule has 1 fully saturated rings. The number of imide groups is 1. The number of ether oxygens (including phenoxy) is 6. The molecule has 0 spiro atoms. The second-order valence-corrected chi connectivity index (χ2v) is 17.4. The fraction of sp³-hybridized carbons (Fsp3) is 0.475. The predicted octanol–water partition coefficient (Wildman–Crippen LogP) is 3.39. The van der Waals surface area contributed by atoms with Crippen LogP contribution in [0, 0.1) is 0 Å². The predicted molar refractivity (Wildman–Crippen MR) is 229 cm³/mol. The summed E-state index contributed by atoms with van der Waals surface area (Å²) in [5.74, 6) is -2.18. The minimum atomic E-state index is -4.28. The van der Waals surface area contributed by atoms with Crippen molar-refractivity contribution in [3.8, 4) is 34.5 Å². The first kappa shape index (κ1) is 49.0.